The maximum absolute atomic E-state index is 12.3. The van der Waals surface area contributed by atoms with Gasteiger partial charge < -0.3 is 14.2 Å². The summed E-state index contributed by atoms with van der Waals surface area (Å²) in [6, 6.07) is 7.64. The fourth-order valence-corrected chi connectivity index (χ4v) is 3.24. The number of para-hydroxylation sites is 1. The van der Waals surface area contributed by atoms with E-state index in [-0.39, 0.29) is 42.3 Å². The van der Waals surface area contributed by atoms with Crippen molar-refractivity contribution in [1.29, 1.82) is 0 Å². The highest BCUT2D eigenvalue weighted by Gasteiger charge is 2.39. The summed E-state index contributed by atoms with van der Waals surface area (Å²) >= 11 is 0. The second kappa shape index (κ2) is 9.88. The minimum atomic E-state index is -0.534. The van der Waals surface area contributed by atoms with Crippen LogP contribution in [0.5, 0.6) is 5.75 Å². The standard InChI is InChI=1S/C19H26O5.CO2/c1-12(18(21)22-5)17-13(10-16(20)24-19(2,3)4)11-23-15-9-7-6-8-14(15)17;2-1-3/h6-9,12-13,17H,10-11H2,1-5H3;. The molecular weight excluding hydrogens is 352 g/mol. The number of hydrogen-bond acceptors (Lipinski definition) is 7. The molecule has 0 aliphatic carbocycles. The summed E-state index contributed by atoms with van der Waals surface area (Å²) < 4.78 is 16.2. The van der Waals surface area contributed by atoms with Crippen molar-refractivity contribution in [3.8, 4) is 5.75 Å². The van der Waals surface area contributed by atoms with Crippen LogP contribution in [0.15, 0.2) is 24.3 Å². The molecule has 1 heterocycles. The van der Waals surface area contributed by atoms with Crippen molar-refractivity contribution in [2.24, 2.45) is 11.8 Å². The van der Waals surface area contributed by atoms with Crippen LogP contribution in [-0.4, -0.2) is 37.4 Å². The normalized spacial score (nSPS) is 19.1. The van der Waals surface area contributed by atoms with Gasteiger partial charge in [-0.25, -0.2) is 0 Å². The third-order valence-corrected chi connectivity index (χ3v) is 4.20. The molecule has 0 saturated carbocycles. The quantitative estimate of drug-likeness (QED) is 0.743. The van der Waals surface area contributed by atoms with E-state index in [1.54, 1.807) is 0 Å². The third kappa shape index (κ3) is 6.53. The van der Waals surface area contributed by atoms with E-state index in [0.717, 1.165) is 11.3 Å². The van der Waals surface area contributed by atoms with Crippen LogP contribution in [0.2, 0.25) is 0 Å². The lowest BCUT2D eigenvalue weighted by atomic mass is 9.74. The second-order valence-electron chi connectivity index (χ2n) is 7.32. The van der Waals surface area contributed by atoms with E-state index in [9.17, 15) is 9.59 Å². The van der Waals surface area contributed by atoms with Crippen molar-refractivity contribution in [1.82, 2.24) is 0 Å². The number of hydrogen-bond donors (Lipinski definition) is 0. The molecule has 0 spiro atoms. The molecule has 148 valence electrons. The van der Waals surface area contributed by atoms with Gasteiger partial charge in [-0.3, -0.25) is 9.59 Å². The van der Waals surface area contributed by atoms with Gasteiger partial charge in [0.05, 0.1) is 26.1 Å². The van der Waals surface area contributed by atoms with Crippen molar-refractivity contribution in [3.63, 3.8) is 0 Å². The molecule has 1 aliphatic heterocycles. The molecule has 3 unspecified atom stereocenters. The van der Waals surface area contributed by atoms with Crippen molar-refractivity contribution in [2.45, 2.75) is 45.6 Å². The second-order valence-corrected chi connectivity index (χ2v) is 7.32. The molecule has 0 N–H and O–H groups in total. The van der Waals surface area contributed by atoms with Gasteiger partial charge >= 0.3 is 18.1 Å². The molecule has 3 atom stereocenters. The molecule has 2 rings (SSSR count). The molecule has 1 aromatic carbocycles. The van der Waals surface area contributed by atoms with Crippen LogP contribution < -0.4 is 4.74 Å². The van der Waals surface area contributed by atoms with E-state index in [1.165, 1.54) is 7.11 Å². The molecule has 27 heavy (non-hydrogen) atoms. The Bertz CT molecular complexity index is 684. The number of carbonyl (C=O) groups is 2. The monoisotopic (exact) mass is 378 g/mol. The van der Waals surface area contributed by atoms with Gasteiger partial charge in [0.1, 0.15) is 11.4 Å². The Kier molecular flexibility index (Phi) is 8.19. The lowest BCUT2D eigenvalue weighted by Gasteiger charge is -2.36. The summed E-state index contributed by atoms with van der Waals surface area (Å²) in [7, 11) is 1.38. The van der Waals surface area contributed by atoms with Crippen LogP contribution in [0.3, 0.4) is 0 Å². The van der Waals surface area contributed by atoms with E-state index in [1.807, 2.05) is 52.0 Å². The Morgan fingerprint density at radius 2 is 1.85 bits per heavy atom. The first kappa shape index (κ1) is 22.4. The molecule has 7 nitrogen and oxygen atoms in total. The molecule has 7 heteroatoms. The van der Waals surface area contributed by atoms with E-state index < -0.39 is 5.60 Å². The van der Waals surface area contributed by atoms with Gasteiger partial charge in [0.25, 0.3) is 0 Å². The van der Waals surface area contributed by atoms with Crippen LogP contribution >= 0.6 is 0 Å². The number of ether oxygens (including phenoxy) is 3. The van der Waals surface area contributed by atoms with E-state index in [0.29, 0.717) is 6.61 Å². The van der Waals surface area contributed by atoms with Gasteiger partial charge in [-0.05, 0) is 32.4 Å². The predicted molar refractivity (Wildman–Crippen MR) is 94.8 cm³/mol. The lowest BCUT2D eigenvalue weighted by molar-refractivity contribution is -0.191. The fraction of sp³-hybridized carbons (Fsp3) is 0.550. The molecule has 0 amide bonds. The van der Waals surface area contributed by atoms with Gasteiger partial charge in [0.15, 0.2) is 0 Å². The number of rotatable bonds is 4. The first-order chi connectivity index (χ1) is 12.6. The van der Waals surface area contributed by atoms with Crippen LogP contribution in [0.1, 0.15) is 45.6 Å². The topological polar surface area (TPSA) is 96.0 Å². The van der Waals surface area contributed by atoms with E-state index >= 15 is 0 Å². The number of benzene rings is 1. The Balaban J connectivity index is 0.00000114. The first-order valence-electron chi connectivity index (χ1n) is 8.65. The van der Waals surface area contributed by atoms with Crippen LogP contribution in [0.4, 0.5) is 0 Å². The SMILES string of the molecule is COC(=O)C(C)C1c2ccccc2OCC1CC(=O)OC(C)(C)C.O=C=O. The average Bonchev–Trinajstić information content (AvgIpc) is 2.59. The average molecular weight is 378 g/mol. The summed E-state index contributed by atoms with van der Waals surface area (Å²) in [5.74, 6) is -0.451. The zero-order valence-electron chi connectivity index (χ0n) is 16.3. The highest BCUT2D eigenvalue weighted by atomic mass is 16.6. The summed E-state index contributed by atoms with van der Waals surface area (Å²) in [5.41, 5.74) is 0.406. The number of carbonyl (C=O) groups excluding carboxylic acids is 4. The molecular formula is C20H26O7. The van der Waals surface area contributed by atoms with Gasteiger partial charge in [-0.2, -0.15) is 9.59 Å². The molecule has 0 fully saturated rings. The third-order valence-electron chi connectivity index (χ3n) is 4.20. The van der Waals surface area contributed by atoms with Gasteiger partial charge in [-0.1, -0.05) is 25.1 Å². The maximum atomic E-state index is 12.3. The molecule has 0 saturated heterocycles. The van der Waals surface area contributed by atoms with Crippen LogP contribution in [0.25, 0.3) is 0 Å². The predicted octanol–water partition coefficient (Wildman–Crippen LogP) is 2.74. The van der Waals surface area contributed by atoms with Gasteiger partial charge in [0.2, 0.25) is 0 Å². The van der Waals surface area contributed by atoms with E-state index in [2.05, 4.69) is 0 Å². The molecule has 1 aromatic rings. The summed E-state index contributed by atoms with van der Waals surface area (Å²) in [4.78, 5) is 40.6. The minimum Gasteiger partial charge on any atom is -0.493 e. The number of esters is 2. The van der Waals surface area contributed by atoms with Crippen LogP contribution in [-0.2, 0) is 28.7 Å². The molecule has 1 aliphatic rings. The number of fused-ring (bicyclic) bond motifs is 1. The maximum Gasteiger partial charge on any atom is 0.373 e. The highest BCUT2D eigenvalue weighted by molar-refractivity contribution is 5.74. The van der Waals surface area contributed by atoms with Gasteiger partial charge in [0, 0.05) is 11.8 Å². The van der Waals surface area contributed by atoms with Crippen molar-refractivity contribution < 1.29 is 33.4 Å². The smallest absolute Gasteiger partial charge is 0.373 e. The van der Waals surface area contributed by atoms with E-state index in [4.69, 9.17) is 23.8 Å². The Morgan fingerprint density at radius 3 is 2.41 bits per heavy atom. The minimum absolute atomic E-state index is 0.135. The largest absolute Gasteiger partial charge is 0.493 e. The van der Waals surface area contributed by atoms with Crippen molar-refractivity contribution in [2.75, 3.05) is 13.7 Å². The lowest BCUT2D eigenvalue weighted by Crippen LogP contribution is -2.36. The van der Waals surface area contributed by atoms with Crippen molar-refractivity contribution in [3.05, 3.63) is 29.8 Å². The van der Waals surface area contributed by atoms with Crippen LogP contribution in [0, 0.1) is 11.8 Å². The Morgan fingerprint density at radius 1 is 1.26 bits per heavy atom. The molecule has 0 radical (unpaired) electrons. The summed E-state index contributed by atoms with van der Waals surface area (Å²) in [5, 5.41) is 0. The summed E-state index contributed by atoms with van der Waals surface area (Å²) in [6.45, 7) is 7.73. The molecule has 0 bridgehead atoms. The van der Waals surface area contributed by atoms with Gasteiger partial charge in [-0.15, -0.1) is 0 Å². The highest BCUT2D eigenvalue weighted by Crippen LogP contribution is 2.43. The Hall–Kier alpha value is -2.66. The molecule has 0 aromatic heterocycles. The zero-order chi connectivity index (χ0) is 20.6. The first-order valence-corrected chi connectivity index (χ1v) is 8.65. The van der Waals surface area contributed by atoms with Crippen molar-refractivity contribution >= 4 is 18.1 Å². The zero-order valence-corrected chi connectivity index (χ0v) is 16.3. The number of methoxy groups -OCH3 is 1. The summed E-state index contributed by atoms with van der Waals surface area (Å²) in [6.07, 6.45) is 0.456. The Labute approximate surface area is 159 Å². The fourth-order valence-electron chi connectivity index (χ4n) is 3.24.